The van der Waals surface area contributed by atoms with Crippen molar-refractivity contribution in [2.75, 3.05) is 6.54 Å². The summed E-state index contributed by atoms with van der Waals surface area (Å²) in [7, 11) is 1.93. The summed E-state index contributed by atoms with van der Waals surface area (Å²) in [5.74, 6) is 0. The Morgan fingerprint density at radius 2 is 2.05 bits per heavy atom. The van der Waals surface area contributed by atoms with Crippen molar-refractivity contribution in [3.63, 3.8) is 0 Å². The number of rotatable bonds is 5. The molecule has 0 aliphatic carbocycles. The van der Waals surface area contributed by atoms with Crippen LogP contribution in [0.1, 0.15) is 28.1 Å². The topological polar surface area (TPSA) is 40.8 Å². The molecule has 0 bridgehead atoms. The van der Waals surface area contributed by atoms with Crippen molar-refractivity contribution in [2.45, 2.75) is 26.8 Å². The Balaban J connectivity index is 1.86. The molecule has 0 unspecified atom stereocenters. The summed E-state index contributed by atoms with van der Waals surface area (Å²) in [4.78, 5) is 0. The quantitative estimate of drug-likeness (QED) is 0.846. The summed E-state index contributed by atoms with van der Waals surface area (Å²) in [5, 5.41) is 12.5. The molecular formula is C17H21N3. The van der Waals surface area contributed by atoms with Gasteiger partial charge in [-0.3, -0.25) is 0 Å². The fourth-order valence-electron chi connectivity index (χ4n) is 2.37. The number of nitrogens with one attached hydrogen (secondary N) is 1. The van der Waals surface area contributed by atoms with Gasteiger partial charge >= 0.3 is 0 Å². The SMILES string of the molecule is Cc1cccc(CCNCc2cc(C#N)n(C)c2C)c1. The lowest BCUT2D eigenvalue weighted by Crippen LogP contribution is -2.17. The molecule has 1 aromatic heterocycles. The molecule has 0 amide bonds. The van der Waals surface area contributed by atoms with Crippen LogP contribution < -0.4 is 5.32 Å². The number of nitriles is 1. The van der Waals surface area contributed by atoms with Crippen LogP contribution in [-0.4, -0.2) is 11.1 Å². The van der Waals surface area contributed by atoms with Crippen molar-refractivity contribution < 1.29 is 0 Å². The maximum Gasteiger partial charge on any atom is 0.120 e. The van der Waals surface area contributed by atoms with Gasteiger partial charge in [-0.25, -0.2) is 0 Å². The molecule has 0 spiro atoms. The minimum absolute atomic E-state index is 0.720. The first-order valence-electron chi connectivity index (χ1n) is 6.93. The van der Waals surface area contributed by atoms with Crippen molar-refractivity contribution in [1.82, 2.24) is 9.88 Å². The Morgan fingerprint density at radius 1 is 1.25 bits per heavy atom. The summed E-state index contributed by atoms with van der Waals surface area (Å²) >= 11 is 0. The zero-order valence-corrected chi connectivity index (χ0v) is 12.4. The van der Waals surface area contributed by atoms with Gasteiger partial charge in [0, 0.05) is 19.3 Å². The lowest BCUT2D eigenvalue weighted by Gasteiger charge is -2.06. The van der Waals surface area contributed by atoms with Crippen molar-refractivity contribution >= 4 is 0 Å². The first-order chi connectivity index (χ1) is 9.61. The normalized spacial score (nSPS) is 10.5. The molecule has 1 heterocycles. The third kappa shape index (κ3) is 3.28. The van der Waals surface area contributed by atoms with Gasteiger partial charge in [0.25, 0.3) is 0 Å². The van der Waals surface area contributed by atoms with E-state index in [1.54, 1.807) is 0 Å². The highest BCUT2D eigenvalue weighted by Crippen LogP contribution is 2.13. The van der Waals surface area contributed by atoms with Crippen LogP contribution in [0.5, 0.6) is 0 Å². The van der Waals surface area contributed by atoms with E-state index in [9.17, 15) is 0 Å². The smallest absolute Gasteiger partial charge is 0.120 e. The molecule has 104 valence electrons. The van der Waals surface area contributed by atoms with Gasteiger partial charge in [0.1, 0.15) is 11.8 Å². The Bertz CT molecular complexity index is 632. The molecule has 2 aromatic rings. The van der Waals surface area contributed by atoms with Crippen LogP contribution in [-0.2, 0) is 20.0 Å². The molecule has 0 saturated heterocycles. The van der Waals surface area contributed by atoms with Crippen LogP contribution in [0.3, 0.4) is 0 Å². The van der Waals surface area contributed by atoms with Gasteiger partial charge in [-0.1, -0.05) is 29.8 Å². The van der Waals surface area contributed by atoms with Gasteiger partial charge < -0.3 is 9.88 Å². The summed E-state index contributed by atoms with van der Waals surface area (Å²) < 4.78 is 1.94. The molecular weight excluding hydrogens is 246 g/mol. The van der Waals surface area contributed by atoms with Crippen molar-refractivity contribution in [3.8, 4) is 6.07 Å². The Kier molecular flexibility index (Phi) is 4.60. The predicted molar refractivity (Wildman–Crippen MR) is 81.5 cm³/mol. The molecule has 20 heavy (non-hydrogen) atoms. The highest BCUT2D eigenvalue weighted by molar-refractivity contribution is 5.34. The van der Waals surface area contributed by atoms with Crippen molar-refractivity contribution in [3.05, 3.63) is 58.4 Å². The molecule has 2 rings (SSSR count). The van der Waals surface area contributed by atoms with Gasteiger partial charge in [-0.2, -0.15) is 5.26 Å². The van der Waals surface area contributed by atoms with Gasteiger partial charge in [0.15, 0.2) is 0 Å². The molecule has 0 radical (unpaired) electrons. The van der Waals surface area contributed by atoms with E-state index in [-0.39, 0.29) is 0 Å². The second-order valence-corrected chi connectivity index (χ2v) is 5.23. The third-order valence-electron chi connectivity index (χ3n) is 3.74. The summed E-state index contributed by atoms with van der Waals surface area (Å²) in [6.45, 7) is 5.93. The van der Waals surface area contributed by atoms with Crippen LogP contribution in [0, 0.1) is 25.2 Å². The standard InChI is InChI=1S/C17H21N3/c1-13-5-4-6-15(9-13)7-8-19-12-16-10-17(11-18)20(3)14(16)2/h4-6,9-10,19H,7-8,12H2,1-3H3. The molecule has 3 nitrogen and oxygen atoms in total. The predicted octanol–water partition coefficient (Wildman–Crippen LogP) is 2.85. The fourth-order valence-corrected chi connectivity index (χ4v) is 2.37. The number of aromatic nitrogens is 1. The summed E-state index contributed by atoms with van der Waals surface area (Å²) in [5.41, 5.74) is 5.75. The molecule has 1 N–H and O–H groups in total. The van der Waals surface area contributed by atoms with Gasteiger partial charge in [0.05, 0.1) is 0 Å². The van der Waals surface area contributed by atoms with Gasteiger partial charge in [-0.05, 0) is 44.0 Å². The highest BCUT2D eigenvalue weighted by Gasteiger charge is 2.07. The molecule has 0 aliphatic heterocycles. The molecule has 3 heteroatoms. The van der Waals surface area contributed by atoms with Crippen LogP contribution in [0.15, 0.2) is 30.3 Å². The first kappa shape index (κ1) is 14.4. The first-order valence-corrected chi connectivity index (χ1v) is 6.93. The van der Waals surface area contributed by atoms with Crippen LogP contribution in [0.25, 0.3) is 0 Å². The van der Waals surface area contributed by atoms with E-state index in [1.165, 1.54) is 16.7 Å². The summed E-state index contributed by atoms with van der Waals surface area (Å²) in [6, 6.07) is 12.8. The van der Waals surface area contributed by atoms with Crippen molar-refractivity contribution in [1.29, 1.82) is 5.26 Å². The molecule has 0 saturated carbocycles. The minimum atomic E-state index is 0.720. The number of nitrogens with zero attached hydrogens (tertiary/aromatic N) is 2. The lowest BCUT2D eigenvalue weighted by molar-refractivity contribution is 0.681. The van der Waals surface area contributed by atoms with E-state index in [0.29, 0.717) is 0 Å². The van der Waals surface area contributed by atoms with Crippen LogP contribution in [0.4, 0.5) is 0 Å². The van der Waals surface area contributed by atoms with Crippen LogP contribution in [0.2, 0.25) is 0 Å². The zero-order valence-electron chi connectivity index (χ0n) is 12.4. The van der Waals surface area contributed by atoms with E-state index in [2.05, 4.69) is 49.5 Å². The largest absolute Gasteiger partial charge is 0.340 e. The fraction of sp³-hybridized carbons (Fsp3) is 0.353. The Morgan fingerprint density at radius 3 is 2.70 bits per heavy atom. The van der Waals surface area contributed by atoms with E-state index in [4.69, 9.17) is 5.26 Å². The van der Waals surface area contributed by atoms with E-state index in [0.717, 1.165) is 30.9 Å². The third-order valence-corrected chi connectivity index (χ3v) is 3.74. The van der Waals surface area contributed by atoms with Crippen molar-refractivity contribution in [2.24, 2.45) is 7.05 Å². The molecule has 0 aliphatic rings. The Labute approximate surface area is 120 Å². The maximum absolute atomic E-state index is 9.01. The molecule has 1 aromatic carbocycles. The highest BCUT2D eigenvalue weighted by atomic mass is 15.0. The maximum atomic E-state index is 9.01. The number of benzene rings is 1. The summed E-state index contributed by atoms with van der Waals surface area (Å²) in [6.07, 6.45) is 1.03. The lowest BCUT2D eigenvalue weighted by atomic mass is 10.1. The molecule has 0 fully saturated rings. The second-order valence-electron chi connectivity index (χ2n) is 5.23. The van der Waals surface area contributed by atoms with E-state index < -0.39 is 0 Å². The second kappa shape index (κ2) is 6.40. The molecule has 0 atom stereocenters. The van der Waals surface area contributed by atoms with Gasteiger partial charge in [0.2, 0.25) is 0 Å². The monoisotopic (exact) mass is 267 g/mol. The number of hydrogen-bond donors (Lipinski definition) is 1. The Hall–Kier alpha value is -2.05. The van der Waals surface area contributed by atoms with E-state index in [1.807, 2.05) is 17.7 Å². The minimum Gasteiger partial charge on any atom is -0.340 e. The number of hydrogen-bond acceptors (Lipinski definition) is 2. The number of aryl methyl sites for hydroxylation is 1. The van der Waals surface area contributed by atoms with Crippen LogP contribution >= 0.6 is 0 Å². The zero-order chi connectivity index (χ0) is 14.5. The average Bonchev–Trinajstić information content (AvgIpc) is 2.71. The van der Waals surface area contributed by atoms with Gasteiger partial charge in [-0.15, -0.1) is 0 Å². The van der Waals surface area contributed by atoms with E-state index >= 15 is 0 Å². The average molecular weight is 267 g/mol.